The molecule has 2 rings (SSSR count). The van der Waals surface area contributed by atoms with E-state index in [1.165, 1.54) is 11.3 Å². The monoisotopic (exact) mass is 324 g/mol. The molecule has 2 aromatic rings. The SMILES string of the molecule is CC(NC(=O)c1sccc1N)c1ccc(Br)cc1. The fourth-order valence-corrected chi connectivity index (χ4v) is 2.59. The molecule has 1 aromatic heterocycles. The van der Waals surface area contributed by atoms with E-state index in [-0.39, 0.29) is 11.9 Å². The summed E-state index contributed by atoms with van der Waals surface area (Å²) in [7, 11) is 0. The van der Waals surface area contributed by atoms with Gasteiger partial charge in [-0.3, -0.25) is 4.79 Å². The van der Waals surface area contributed by atoms with Gasteiger partial charge in [0.25, 0.3) is 5.91 Å². The van der Waals surface area contributed by atoms with Crippen molar-refractivity contribution < 1.29 is 4.79 Å². The number of rotatable bonds is 3. The van der Waals surface area contributed by atoms with E-state index >= 15 is 0 Å². The summed E-state index contributed by atoms with van der Waals surface area (Å²) in [4.78, 5) is 12.6. The highest BCUT2D eigenvalue weighted by Gasteiger charge is 2.14. The largest absolute Gasteiger partial charge is 0.397 e. The molecule has 0 aliphatic heterocycles. The molecule has 0 saturated heterocycles. The number of nitrogen functional groups attached to an aromatic ring is 1. The molecule has 0 bridgehead atoms. The van der Waals surface area contributed by atoms with Crippen molar-refractivity contribution in [2.45, 2.75) is 13.0 Å². The molecule has 3 nitrogen and oxygen atoms in total. The number of anilines is 1. The molecule has 1 aromatic carbocycles. The van der Waals surface area contributed by atoms with Crippen molar-refractivity contribution >= 4 is 38.9 Å². The van der Waals surface area contributed by atoms with E-state index in [2.05, 4.69) is 21.2 Å². The quantitative estimate of drug-likeness (QED) is 0.906. The number of thiophene rings is 1. The summed E-state index contributed by atoms with van der Waals surface area (Å²) in [6.07, 6.45) is 0. The molecule has 1 atom stereocenters. The Morgan fingerprint density at radius 1 is 1.33 bits per heavy atom. The Morgan fingerprint density at radius 2 is 2.00 bits per heavy atom. The fourth-order valence-electron chi connectivity index (χ4n) is 1.60. The molecule has 0 aliphatic carbocycles. The van der Waals surface area contributed by atoms with Gasteiger partial charge in [0.1, 0.15) is 4.88 Å². The lowest BCUT2D eigenvalue weighted by Gasteiger charge is -2.14. The van der Waals surface area contributed by atoms with Crippen molar-refractivity contribution in [2.24, 2.45) is 0 Å². The van der Waals surface area contributed by atoms with Crippen molar-refractivity contribution in [1.82, 2.24) is 5.32 Å². The van der Waals surface area contributed by atoms with Crippen LogP contribution in [0.15, 0.2) is 40.2 Å². The molecule has 0 fully saturated rings. The van der Waals surface area contributed by atoms with Crippen LogP contribution in [0.1, 0.15) is 28.2 Å². The first-order chi connectivity index (χ1) is 8.58. The van der Waals surface area contributed by atoms with Crippen molar-refractivity contribution in [3.8, 4) is 0 Å². The first kappa shape index (κ1) is 13.1. The Bertz CT molecular complexity index is 550. The Hall–Kier alpha value is -1.33. The van der Waals surface area contributed by atoms with Gasteiger partial charge in [-0.1, -0.05) is 28.1 Å². The van der Waals surface area contributed by atoms with Crippen LogP contribution in [-0.2, 0) is 0 Å². The van der Waals surface area contributed by atoms with E-state index in [0.29, 0.717) is 10.6 Å². The Balaban J connectivity index is 2.08. The minimum atomic E-state index is -0.127. The van der Waals surface area contributed by atoms with Crippen molar-refractivity contribution in [1.29, 1.82) is 0 Å². The first-order valence-corrected chi connectivity index (χ1v) is 7.14. The molecule has 3 N–H and O–H groups in total. The third-order valence-corrected chi connectivity index (χ3v) is 4.08. The van der Waals surface area contributed by atoms with E-state index in [0.717, 1.165) is 10.0 Å². The highest BCUT2D eigenvalue weighted by molar-refractivity contribution is 9.10. The Kier molecular flexibility index (Phi) is 4.04. The summed E-state index contributed by atoms with van der Waals surface area (Å²) in [6, 6.07) is 9.56. The van der Waals surface area contributed by atoms with E-state index in [1.54, 1.807) is 6.07 Å². The summed E-state index contributed by atoms with van der Waals surface area (Å²) in [5.41, 5.74) is 7.30. The molecule has 0 radical (unpaired) electrons. The molecule has 1 unspecified atom stereocenters. The molecule has 5 heteroatoms. The van der Waals surface area contributed by atoms with Gasteiger partial charge in [0, 0.05) is 4.47 Å². The topological polar surface area (TPSA) is 55.1 Å². The van der Waals surface area contributed by atoms with Gasteiger partial charge >= 0.3 is 0 Å². The number of nitrogens with one attached hydrogen (secondary N) is 1. The smallest absolute Gasteiger partial charge is 0.263 e. The van der Waals surface area contributed by atoms with E-state index in [9.17, 15) is 4.79 Å². The van der Waals surface area contributed by atoms with Gasteiger partial charge in [0.05, 0.1) is 11.7 Å². The second-order valence-corrected chi connectivity index (χ2v) is 5.78. The number of carbonyl (C=O) groups is 1. The van der Waals surface area contributed by atoms with Gasteiger partial charge < -0.3 is 11.1 Å². The zero-order valence-electron chi connectivity index (χ0n) is 9.81. The number of hydrogen-bond donors (Lipinski definition) is 2. The summed E-state index contributed by atoms with van der Waals surface area (Å²) >= 11 is 4.74. The maximum Gasteiger partial charge on any atom is 0.263 e. The van der Waals surface area contributed by atoms with Crippen molar-refractivity contribution in [3.63, 3.8) is 0 Å². The highest BCUT2D eigenvalue weighted by atomic mass is 79.9. The van der Waals surface area contributed by atoms with E-state index < -0.39 is 0 Å². The molecule has 18 heavy (non-hydrogen) atoms. The molecule has 1 amide bonds. The summed E-state index contributed by atoms with van der Waals surface area (Å²) < 4.78 is 1.02. The maximum atomic E-state index is 12.0. The van der Waals surface area contributed by atoms with Crippen LogP contribution >= 0.6 is 27.3 Å². The number of benzene rings is 1. The van der Waals surface area contributed by atoms with Crippen molar-refractivity contribution in [2.75, 3.05) is 5.73 Å². The predicted octanol–water partition coefficient (Wildman–Crippen LogP) is 3.58. The van der Waals surface area contributed by atoms with Gasteiger partial charge in [0.15, 0.2) is 0 Å². The van der Waals surface area contributed by atoms with Crippen LogP contribution in [0.25, 0.3) is 0 Å². The second kappa shape index (κ2) is 5.54. The van der Waals surface area contributed by atoms with Crippen LogP contribution in [0.4, 0.5) is 5.69 Å². The minimum absolute atomic E-state index is 0.0490. The van der Waals surface area contributed by atoms with Crippen LogP contribution < -0.4 is 11.1 Å². The molecule has 94 valence electrons. The lowest BCUT2D eigenvalue weighted by molar-refractivity contribution is 0.0945. The van der Waals surface area contributed by atoms with Crippen molar-refractivity contribution in [3.05, 3.63) is 50.6 Å². The normalized spacial score (nSPS) is 12.1. The Morgan fingerprint density at radius 3 is 2.56 bits per heavy atom. The zero-order chi connectivity index (χ0) is 13.1. The maximum absolute atomic E-state index is 12.0. The zero-order valence-corrected chi connectivity index (χ0v) is 12.2. The number of nitrogens with two attached hydrogens (primary N) is 1. The van der Waals surface area contributed by atoms with Gasteiger partial charge in [-0.05, 0) is 36.1 Å². The molecule has 0 spiro atoms. The summed E-state index contributed by atoms with van der Waals surface area (Å²) in [5.74, 6) is -0.127. The lowest BCUT2D eigenvalue weighted by Crippen LogP contribution is -2.26. The van der Waals surface area contributed by atoms with Gasteiger partial charge in [-0.2, -0.15) is 0 Å². The first-order valence-electron chi connectivity index (χ1n) is 5.47. The molecule has 0 aliphatic rings. The van der Waals surface area contributed by atoms with Crippen LogP contribution in [0.3, 0.4) is 0 Å². The minimum Gasteiger partial charge on any atom is -0.397 e. The van der Waals surface area contributed by atoms with Gasteiger partial charge in [0.2, 0.25) is 0 Å². The molecule has 1 heterocycles. The summed E-state index contributed by atoms with van der Waals surface area (Å²) in [6.45, 7) is 1.95. The third-order valence-electron chi connectivity index (χ3n) is 2.62. The molecule has 0 saturated carbocycles. The van der Waals surface area contributed by atoms with Crippen LogP contribution in [0, 0.1) is 0 Å². The number of hydrogen-bond acceptors (Lipinski definition) is 3. The second-order valence-electron chi connectivity index (χ2n) is 3.95. The number of carbonyl (C=O) groups excluding carboxylic acids is 1. The molecular weight excluding hydrogens is 312 g/mol. The standard InChI is InChI=1S/C13H13BrN2OS/c1-8(9-2-4-10(14)5-3-9)16-13(17)12-11(15)6-7-18-12/h2-8H,15H2,1H3,(H,16,17). The van der Waals surface area contributed by atoms with E-state index in [1.807, 2.05) is 36.6 Å². The highest BCUT2D eigenvalue weighted by Crippen LogP contribution is 2.21. The predicted molar refractivity (Wildman–Crippen MR) is 78.8 cm³/mol. The van der Waals surface area contributed by atoms with Crippen LogP contribution in [0.5, 0.6) is 0 Å². The number of halogens is 1. The van der Waals surface area contributed by atoms with Crippen LogP contribution in [-0.4, -0.2) is 5.91 Å². The average molecular weight is 325 g/mol. The lowest BCUT2D eigenvalue weighted by atomic mass is 10.1. The molecular formula is C13H13BrN2OS. The average Bonchev–Trinajstić information content (AvgIpc) is 2.76. The van der Waals surface area contributed by atoms with Crippen LogP contribution in [0.2, 0.25) is 0 Å². The third kappa shape index (κ3) is 2.91. The number of amides is 1. The van der Waals surface area contributed by atoms with Gasteiger partial charge in [-0.25, -0.2) is 0 Å². The fraction of sp³-hybridized carbons (Fsp3) is 0.154. The Labute approximate surface area is 118 Å². The van der Waals surface area contributed by atoms with Gasteiger partial charge in [-0.15, -0.1) is 11.3 Å². The van der Waals surface area contributed by atoms with E-state index in [4.69, 9.17) is 5.73 Å². The summed E-state index contributed by atoms with van der Waals surface area (Å²) in [5, 5.41) is 4.75.